The van der Waals surface area contributed by atoms with E-state index in [1.165, 1.54) is 31.4 Å². The van der Waals surface area contributed by atoms with Crippen molar-refractivity contribution in [3.8, 4) is 5.75 Å². The Morgan fingerprint density at radius 1 is 1.00 bits per heavy atom. The van der Waals surface area contributed by atoms with Crippen molar-refractivity contribution >= 4 is 40.2 Å². The first-order valence-electron chi connectivity index (χ1n) is 11.9. The molecule has 0 aliphatic carbocycles. The number of hydrogen-bond acceptors (Lipinski definition) is 7. The number of halogens is 1. The Bertz CT molecular complexity index is 1130. The molecular weight excluding hydrogens is 517 g/mol. The van der Waals surface area contributed by atoms with E-state index in [9.17, 15) is 27.8 Å². The fourth-order valence-corrected chi connectivity index (χ4v) is 4.37. The number of nitrogens with zero attached hydrogens (tertiary/aromatic N) is 1. The van der Waals surface area contributed by atoms with Crippen LogP contribution in [0.15, 0.2) is 48.5 Å². The van der Waals surface area contributed by atoms with Gasteiger partial charge in [-0.15, -0.1) is 0 Å². The van der Waals surface area contributed by atoms with E-state index in [0.717, 1.165) is 4.90 Å². The van der Waals surface area contributed by atoms with Crippen LogP contribution in [-0.2, 0) is 41.3 Å². The SMILES string of the molecule is CCOC(=O)CN(C(=O)C[S@@](=O)CC(=O)Nc1ccc(OC)cc1)[C@@H](CC)C(=O)NCc1ccc(F)cc1. The van der Waals surface area contributed by atoms with Crippen LogP contribution < -0.4 is 15.4 Å². The van der Waals surface area contributed by atoms with E-state index >= 15 is 0 Å². The summed E-state index contributed by atoms with van der Waals surface area (Å²) < 4.78 is 35.8. The maximum atomic E-state index is 13.1. The molecule has 0 heterocycles. The largest absolute Gasteiger partial charge is 0.497 e. The fourth-order valence-electron chi connectivity index (χ4n) is 3.46. The third kappa shape index (κ3) is 9.92. The number of ether oxygens (including phenoxy) is 2. The number of rotatable bonds is 14. The van der Waals surface area contributed by atoms with Crippen LogP contribution in [0.3, 0.4) is 0 Å². The first-order valence-corrected chi connectivity index (χ1v) is 13.4. The molecule has 0 aliphatic heterocycles. The van der Waals surface area contributed by atoms with Crippen LogP contribution in [0.2, 0.25) is 0 Å². The topological polar surface area (TPSA) is 131 Å². The number of carbonyl (C=O) groups is 4. The normalized spacial score (nSPS) is 12.1. The highest BCUT2D eigenvalue weighted by molar-refractivity contribution is 7.86. The van der Waals surface area contributed by atoms with Gasteiger partial charge in [-0.3, -0.25) is 23.4 Å². The lowest BCUT2D eigenvalue weighted by Crippen LogP contribution is -2.52. The molecule has 0 unspecified atom stereocenters. The predicted octanol–water partition coefficient (Wildman–Crippen LogP) is 2.01. The van der Waals surface area contributed by atoms with Crippen molar-refractivity contribution in [1.82, 2.24) is 10.2 Å². The quantitative estimate of drug-likeness (QED) is 0.345. The van der Waals surface area contributed by atoms with Crippen molar-refractivity contribution in [2.75, 3.05) is 37.1 Å². The zero-order valence-electron chi connectivity index (χ0n) is 21.5. The Morgan fingerprint density at radius 3 is 2.24 bits per heavy atom. The van der Waals surface area contributed by atoms with Gasteiger partial charge in [0, 0.05) is 23.0 Å². The molecule has 12 heteroatoms. The molecule has 0 radical (unpaired) electrons. The van der Waals surface area contributed by atoms with Crippen molar-refractivity contribution in [2.45, 2.75) is 32.9 Å². The lowest BCUT2D eigenvalue weighted by Gasteiger charge is -2.29. The summed E-state index contributed by atoms with van der Waals surface area (Å²) in [7, 11) is -0.403. The predicted molar refractivity (Wildman–Crippen MR) is 140 cm³/mol. The number of hydrogen-bond donors (Lipinski definition) is 2. The number of carbonyl (C=O) groups excluding carboxylic acids is 4. The lowest BCUT2D eigenvalue weighted by atomic mass is 10.1. The maximum Gasteiger partial charge on any atom is 0.325 e. The molecule has 2 aromatic carbocycles. The summed E-state index contributed by atoms with van der Waals surface area (Å²) >= 11 is 0. The number of amides is 3. The molecule has 38 heavy (non-hydrogen) atoms. The van der Waals surface area contributed by atoms with Crippen molar-refractivity contribution in [2.24, 2.45) is 0 Å². The molecule has 2 N–H and O–H groups in total. The van der Waals surface area contributed by atoms with Gasteiger partial charge < -0.3 is 25.0 Å². The zero-order chi connectivity index (χ0) is 28.1. The second kappa shape index (κ2) is 15.5. The van der Waals surface area contributed by atoms with Gasteiger partial charge in [0.25, 0.3) is 0 Å². The van der Waals surface area contributed by atoms with Crippen molar-refractivity contribution in [3.05, 3.63) is 59.9 Å². The highest BCUT2D eigenvalue weighted by Gasteiger charge is 2.31. The van der Waals surface area contributed by atoms with Crippen LogP contribution in [0, 0.1) is 5.82 Å². The minimum Gasteiger partial charge on any atom is -0.497 e. The molecule has 0 saturated carbocycles. The van der Waals surface area contributed by atoms with E-state index in [-0.39, 0.29) is 19.6 Å². The summed E-state index contributed by atoms with van der Waals surface area (Å²) in [5, 5.41) is 5.26. The molecule has 2 atom stereocenters. The molecule has 0 aliphatic rings. The van der Waals surface area contributed by atoms with Crippen LogP contribution >= 0.6 is 0 Å². The van der Waals surface area contributed by atoms with Crippen molar-refractivity contribution in [3.63, 3.8) is 0 Å². The van der Waals surface area contributed by atoms with E-state index in [1.807, 2.05) is 0 Å². The van der Waals surface area contributed by atoms with Crippen LogP contribution in [0.1, 0.15) is 25.8 Å². The van der Waals surface area contributed by atoms with Crippen LogP contribution in [0.4, 0.5) is 10.1 Å². The molecule has 0 fully saturated rings. The second-order valence-corrected chi connectivity index (χ2v) is 9.56. The Morgan fingerprint density at radius 2 is 1.66 bits per heavy atom. The number of methoxy groups -OCH3 is 1. The van der Waals surface area contributed by atoms with Crippen LogP contribution in [0.25, 0.3) is 0 Å². The molecule has 0 bridgehead atoms. The van der Waals surface area contributed by atoms with Gasteiger partial charge in [-0.1, -0.05) is 19.1 Å². The summed E-state index contributed by atoms with van der Waals surface area (Å²) in [5.74, 6) is -3.42. The Balaban J connectivity index is 2.04. The zero-order valence-corrected chi connectivity index (χ0v) is 22.3. The van der Waals surface area contributed by atoms with Crippen molar-refractivity contribution < 1.29 is 37.3 Å². The Kier molecular flexibility index (Phi) is 12.4. The summed E-state index contributed by atoms with van der Waals surface area (Å²) in [4.78, 5) is 51.5. The van der Waals surface area contributed by atoms with Gasteiger partial charge in [0.15, 0.2) is 0 Å². The maximum absolute atomic E-state index is 13.1. The molecular formula is C26H32FN3O7S. The van der Waals surface area contributed by atoms with E-state index < -0.39 is 64.4 Å². The van der Waals surface area contributed by atoms with Gasteiger partial charge in [-0.05, 0) is 55.3 Å². The van der Waals surface area contributed by atoms with Gasteiger partial charge >= 0.3 is 5.97 Å². The van der Waals surface area contributed by atoms with E-state index in [1.54, 1.807) is 38.1 Å². The molecule has 10 nitrogen and oxygen atoms in total. The summed E-state index contributed by atoms with van der Waals surface area (Å²) in [6.45, 7) is 2.89. The van der Waals surface area contributed by atoms with Crippen molar-refractivity contribution in [1.29, 1.82) is 0 Å². The average Bonchev–Trinajstić information content (AvgIpc) is 2.88. The summed E-state index contributed by atoms with van der Waals surface area (Å²) in [5.41, 5.74) is 1.11. The average molecular weight is 550 g/mol. The fraction of sp³-hybridized carbons (Fsp3) is 0.385. The summed E-state index contributed by atoms with van der Waals surface area (Å²) in [6, 6.07) is 11.0. The molecule has 3 amide bonds. The molecule has 0 saturated heterocycles. The minimum atomic E-state index is -1.91. The molecule has 2 rings (SSSR count). The van der Waals surface area contributed by atoms with Gasteiger partial charge in [0.2, 0.25) is 17.7 Å². The monoisotopic (exact) mass is 549 g/mol. The third-order valence-corrected chi connectivity index (χ3v) is 6.47. The lowest BCUT2D eigenvalue weighted by molar-refractivity contribution is -0.151. The van der Waals surface area contributed by atoms with Crippen LogP contribution in [-0.4, -0.2) is 70.6 Å². The number of anilines is 1. The van der Waals surface area contributed by atoms with Gasteiger partial charge in [0.1, 0.15) is 35.7 Å². The minimum absolute atomic E-state index is 0.0753. The summed E-state index contributed by atoms with van der Waals surface area (Å²) in [6.07, 6.45) is 0.158. The standard InChI is InChI=1S/C26H32FN3O7S/c1-4-22(26(34)28-14-18-6-8-19(27)9-7-18)30(15-25(33)37-5-2)24(32)17-38(35)16-23(31)29-20-10-12-21(36-3)13-11-20/h6-13,22H,4-5,14-17H2,1-3H3,(H,28,34)(H,29,31)/t22-,38-/m0/s1. The smallest absolute Gasteiger partial charge is 0.325 e. The highest BCUT2D eigenvalue weighted by atomic mass is 32.2. The van der Waals surface area contributed by atoms with Crippen LogP contribution in [0.5, 0.6) is 5.75 Å². The number of esters is 1. The highest BCUT2D eigenvalue weighted by Crippen LogP contribution is 2.15. The van der Waals surface area contributed by atoms with Gasteiger partial charge in [0.05, 0.1) is 13.7 Å². The van der Waals surface area contributed by atoms with E-state index in [4.69, 9.17) is 9.47 Å². The first-order chi connectivity index (χ1) is 18.2. The van der Waals surface area contributed by atoms with E-state index in [2.05, 4.69) is 10.6 Å². The van der Waals surface area contributed by atoms with Gasteiger partial charge in [-0.25, -0.2) is 4.39 Å². The Labute approximate surface area is 223 Å². The first kappa shape index (κ1) is 30.4. The molecule has 0 aromatic heterocycles. The third-order valence-electron chi connectivity index (χ3n) is 5.32. The van der Waals surface area contributed by atoms with Gasteiger partial charge in [-0.2, -0.15) is 0 Å². The molecule has 2 aromatic rings. The second-order valence-electron chi connectivity index (χ2n) is 8.10. The number of benzene rings is 2. The van der Waals surface area contributed by atoms with E-state index in [0.29, 0.717) is 17.0 Å². The molecule has 206 valence electrons. The molecule has 0 spiro atoms. The Hall–Kier alpha value is -3.80. The number of nitrogens with one attached hydrogen (secondary N) is 2.